The van der Waals surface area contributed by atoms with Crippen LogP contribution >= 0.6 is 0 Å². The average molecular weight is 487 g/mol. The number of alkyl halides is 3. The molecule has 0 bridgehead atoms. The fourth-order valence-corrected chi connectivity index (χ4v) is 5.05. The Morgan fingerprint density at radius 3 is 2.24 bits per heavy atom. The van der Waals surface area contributed by atoms with Gasteiger partial charge in [0.1, 0.15) is 10.6 Å². The lowest BCUT2D eigenvalue weighted by Gasteiger charge is -2.42. The number of para-hydroxylation sites is 1. The van der Waals surface area contributed by atoms with Crippen LogP contribution in [-0.4, -0.2) is 56.8 Å². The molecular weight excluding hydrogens is 461 g/mol. The van der Waals surface area contributed by atoms with Gasteiger partial charge in [-0.1, -0.05) is 42.5 Å². The van der Waals surface area contributed by atoms with Gasteiger partial charge in [-0.15, -0.1) is 0 Å². The van der Waals surface area contributed by atoms with Crippen LogP contribution in [0.2, 0.25) is 0 Å². The van der Waals surface area contributed by atoms with Crippen LogP contribution in [-0.2, 0) is 21.4 Å². The van der Waals surface area contributed by atoms with E-state index in [1.807, 2.05) is 12.1 Å². The Kier molecular flexibility index (Phi) is 7.65. The van der Waals surface area contributed by atoms with E-state index in [9.17, 15) is 21.6 Å². The van der Waals surface area contributed by atoms with Gasteiger partial charge >= 0.3 is 12.1 Å². The number of aliphatic carboxylic acids is 1. The van der Waals surface area contributed by atoms with Crippen molar-refractivity contribution in [3.05, 3.63) is 60.2 Å². The van der Waals surface area contributed by atoms with Crippen molar-refractivity contribution in [3.63, 3.8) is 0 Å². The van der Waals surface area contributed by atoms with Crippen LogP contribution in [0.3, 0.4) is 0 Å². The maximum atomic E-state index is 12.6. The van der Waals surface area contributed by atoms with Crippen LogP contribution in [0, 0.1) is 5.41 Å². The first-order valence-corrected chi connectivity index (χ1v) is 11.8. The molecule has 0 radical (unpaired) electrons. The van der Waals surface area contributed by atoms with Crippen LogP contribution in [0.25, 0.3) is 0 Å². The number of ether oxygens (including phenoxy) is 1. The smallest absolute Gasteiger partial charge is 0.490 e. The van der Waals surface area contributed by atoms with Gasteiger partial charge in [0, 0.05) is 18.5 Å². The highest BCUT2D eigenvalue weighted by atomic mass is 32.2. The zero-order valence-corrected chi connectivity index (χ0v) is 18.5. The third-order valence-corrected chi connectivity index (χ3v) is 7.16. The van der Waals surface area contributed by atoms with Gasteiger partial charge in [0.05, 0.1) is 6.61 Å². The number of fused-ring (bicyclic) bond motifs is 1. The summed E-state index contributed by atoms with van der Waals surface area (Å²) in [7, 11) is -3.53. The molecule has 0 saturated carbocycles. The minimum atomic E-state index is -5.08. The van der Waals surface area contributed by atoms with E-state index < -0.39 is 22.2 Å². The molecule has 1 fully saturated rings. The molecule has 1 spiro atoms. The fourth-order valence-electron chi connectivity index (χ4n) is 3.75. The van der Waals surface area contributed by atoms with Crippen LogP contribution in [0.1, 0.15) is 18.4 Å². The van der Waals surface area contributed by atoms with Crippen molar-refractivity contribution in [2.75, 3.05) is 26.2 Å². The first-order chi connectivity index (χ1) is 15.5. The predicted molar refractivity (Wildman–Crippen MR) is 114 cm³/mol. The van der Waals surface area contributed by atoms with Crippen LogP contribution in [0.5, 0.6) is 5.75 Å². The highest BCUT2D eigenvalue weighted by Gasteiger charge is 2.39. The molecule has 2 aromatic rings. The summed E-state index contributed by atoms with van der Waals surface area (Å²) in [5.74, 6) is -2.31. The summed E-state index contributed by atoms with van der Waals surface area (Å²) in [5, 5.41) is 7.12. The van der Waals surface area contributed by atoms with E-state index in [0.717, 1.165) is 32.5 Å². The molecule has 33 heavy (non-hydrogen) atoms. The molecule has 2 aliphatic heterocycles. The van der Waals surface area contributed by atoms with Gasteiger partial charge in [-0.3, -0.25) is 4.90 Å². The number of halogens is 3. The molecule has 0 aromatic heterocycles. The van der Waals surface area contributed by atoms with Crippen molar-refractivity contribution in [2.45, 2.75) is 30.5 Å². The summed E-state index contributed by atoms with van der Waals surface area (Å²) in [4.78, 5) is 11.6. The van der Waals surface area contributed by atoms with Crippen molar-refractivity contribution in [1.82, 2.24) is 9.62 Å². The molecule has 1 saturated heterocycles. The number of likely N-dealkylation sites (tertiary alicyclic amines) is 1. The molecule has 0 unspecified atom stereocenters. The average Bonchev–Trinajstić information content (AvgIpc) is 2.78. The number of carboxylic acid groups (broad SMARTS) is 1. The number of nitrogens with zero attached hydrogens (tertiary/aromatic N) is 1. The molecule has 2 heterocycles. The number of carboxylic acids is 1. The number of sulfonamides is 1. The molecule has 0 atom stereocenters. The number of piperidine rings is 1. The zero-order valence-electron chi connectivity index (χ0n) is 17.7. The second-order valence-corrected chi connectivity index (χ2v) is 9.86. The number of rotatable bonds is 2. The van der Waals surface area contributed by atoms with E-state index in [1.54, 1.807) is 18.2 Å². The van der Waals surface area contributed by atoms with E-state index in [0.29, 0.717) is 18.9 Å². The normalized spacial score (nSPS) is 19.7. The SMILES string of the molecule is O=C(O)C(F)(F)F.O=S1(=O)NCC2(CCN(Cc3ccccc3)CC2)COc2ccccc21. The standard InChI is InChI=1S/C20H24N2O3S.C2HF3O2/c23-26(24)19-9-5-4-8-18(19)25-16-20(15-21-26)10-12-22(13-11-20)14-17-6-2-1-3-7-17;3-2(4,5)1(6)7/h1-9,21H,10-16H2;(H,6,7). The summed E-state index contributed by atoms with van der Waals surface area (Å²) < 4.78 is 65.7. The second kappa shape index (κ2) is 10.1. The lowest BCUT2D eigenvalue weighted by atomic mass is 9.79. The van der Waals surface area contributed by atoms with Gasteiger partial charge < -0.3 is 9.84 Å². The van der Waals surface area contributed by atoms with Crippen molar-refractivity contribution < 1.29 is 36.2 Å². The lowest BCUT2D eigenvalue weighted by Crippen LogP contribution is -2.49. The van der Waals surface area contributed by atoms with Gasteiger partial charge in [0.2, 0.25) is 10.0 Å². The van der Waals surface area contributed by atoms with Crippen LogP contribution in [0.15, 0.2) is 59.5 Å². The quantitative estimate of drug-likeness (QED) is 0.677. The molecule has 2 N–H and O–H groups in total. The van der Waals surface area contributed by atoms with E-state index in [4.69, 9.17) is 14.6 Å². The third-order valence-electron chi connectivity index (χ3n) is 5.72. The van der Waals surface area contributed by atoms with Gasteiger partial charge in [0.15, 0.2) is 0 Å². The van der Waals surface area contributed by atoms with Gasteiger partial charge in [-0.25, -0.2) is 17.9 Å². The lowest BCUT2D eigenvalue weighted by molar-refractivity contribution is -0.192. The molecule has 180 valence electrons. The Balaban J connectivity index is 0.000000383. The highest BCUT2D eigenvalue weighted by Crippen LogP contribution is 2.36. The summed E-state index contributed by atoms with van der Waals surface area (Å²) in [6, 6.07) is 17.3. The molecule has 7 nitrogen and oxygen atoms in total. The van der Waals surface area contributed by atoms with Crippen molar-refractivity contribution >= 4 is 16.0 Å². The minimum Gasteiger partial charge on any atom is -0.492 e. The van der Waals surface area contributed by atoms with Crippen LogP contribution < -0.4 is 9.46 Å². The number of benzene rings is 2. The predicted octanol–water partition coefficient (Wildman–Crippen LogP) is 3.27. The molecular formula is C22H25F3N2O5S. The largest absolute Gasteiger partial charge is 0.492 e. The van der Waals surface area contributed by atoms with E-state index in [1.165, 1.54) is 5.56 Å². The topological polar surface area (TPSA) is 95.9 Å². The Bertz CT molecular complexity index is 1050. The third kappa shape index (κ3) is 6.68. The number of hydrogen-bond donors (Lipinski definition) is 2. The maximum Gasteiger partial charge on any atom is 0.490 e. The fraction of sp³-hybridized carbons (Fsp3) is 0.409. The minimum absolute atomic E-state index is 0.145. The maximum absolute atomic E-state index is 12.6. The number of nitrogens with one attached hydrogen (secondary N) is 1. The summed E-state index contributed by atoms with van der Waals surface area (Å²) in [5.41, 5.74) is 1.17. The summed E-state index contributed by atoms with van der Waals surface area (Å²) >= 11 is 0. The Labute approximate surface area is 190 Å². The first kappa shape index (κ1) is 25.0. The summed E-state index contributed by atoms with van der Waals surface area (Å²) in [6.45, 7) is 3.81. The highest BCUT2D eigenvalue weighted by molar-refractivity contribution is 7.89. The van der Waals surface area contributed by atoms with Crippen molar-refractivity contribution in [3.8, 4) is 5.75 Å². The zero-order chi connectivity index (χ0) is 24.1. The van der Waals surface area contributed by atoms with E-state index in [-0.39, 0.29) is 10.3 Å². The molecule has 2 aromatic carbocycles. The molecule has 2 aliphatic rings. The van der Waals surface area contributed by atoms with Crippen LogP contribution in [0.4, 0.5) is 13.2 Å². The first-order valence-electron chi connectivity index (χ1n) is 10.3. The monoisotopic (exact) mass is 486 g/mol. The van der Waals surface area contributed by atoms with Crippen molar-refractivity contribution in [2.24, 2.45) is 5.41 Å². The number of carbonyl (C=O) groups is 1. The Morgan fingerprint density at radius 2 is 1.64 bits per heavy atom. The summed E-state index contributed by atoms with van der Waals surface area (Å²) in [6.07, 6.45) is -3.24. The van der Waals surface area contributed by atoms with Gasteiger partial charge in [-0.05, 0) is 43.6 Å². The Morgan fingerprint density at radius 1 is 1.06 bits per heavy atom. The second-order valence-electron chi connectivity index (χ2n) is 8.12. The number of hydrogen-bond acceptors (Lipinski definition) is 5. The van der Waals surface area contributed by atoms with E-state index in [2.05, 4.69) is 33.9 Å². The molecule has 11 heteroatoms. The Hall–Kier alpha value is -2.63. The molecule has 4 rings (SSSR count). The molecule has 0 amide bonds. The van der Waals surface area contributed by atoms with Crippen molar-refractivity contribution in [1.29, 1.82) is 0 Å². The van der Waals surface area contributed by atoms with Gasteiger partial charge in [-0.2, -0.15) is 13.2 Å². The molecule has 0 aliphatic carbocycles. The van der Waals surface area contributed by atoms with E-state index >= 15 is 0 Å². The van der Waals surface area contributed by atoms with Gasteiger partial charge in [0.25, 0.3) is 0 Å².